The average molecular weight is 263 g/mol. The third-order valence-electron chi connectivity index (χ3n) is 2.99. The van der Waals surface area contributed by atoms with Crippen LogP contribution in [-0.4, -0.2) is 4.83 Å². The van der Waals surface area contributed by atoms with Crippen LogP contribution in [0.1, 0.15) is 25.3 Å². The van der Waals surface area contributed by atoms with Gasteiger partial charge in [0, 0.05) is 4.83 Å². The maximum Gasteiger partial charge on any atom is 0.0183 e. The highest BCUT2D eigenvalue weighted by Gasteiger charge is 2.11. The smallest absolute Gasteiger partial charge is 0.0183 e. The summed E-state index contributed by atoms with van der Waals surface area (Å²) in [4.78, 5) is 0.513. The second-order valence-corrected chi connectivity index (χ2v) is 5.52. The predicted molar refractivity (Wildman–Crippen MR) is 70.8 cm³/mol. The normalized spacial score (nSPS) is 15.1. The van der Waals surface area contributed by atoms with Crippen LogP contribution in [0.25, 0.3) is 10.8 Å². The maximum atomic E-state index is 3.64. The molecule has 15 heavy (non-hydrogen) atoms. The van der Waals surface area contributed by atoms with Crippen molar-refractivity contribution in [2.75, 3.05) is 0 Å². The maximum absolute atomic E-state index is 3.64. The van der Waals surface area contributed by atoms with Gasteiger partial charge in [-0.15, -0.1) is 0 Å². The topological polar surface area (TPSA) is 0 Å². The number of fused-ring (bicyclic) bond motifs is 1. The number of benzene rings is 2. The summed E-state index contributed by atoms with van der Waals surface area (Å²) >= 11 is 3.64. The molecular formula is C14H15Br. The van der Waals surface area contributed by atoms with Gasteiger partial charge < -0.3 is 0 Å². The fourth-order valence-corrected chi connectivity index (χ4v) is 2.06. The second-order valence-electron chi connectivity index (χ2n) is 4.07. The molecule has 2 unspecified atom stereocenters. The van der Waals surface area contributed by atoms with Crippen molar-refractivity contribution in [2.24, 2.45) is 0 Å². The summed E-state index contributed by atoms with van der Waals surface area (Å²) in [5.74, 6) is 0.551. The lowest BCUT2D eigenvalue weighted by Gasteiger charge is -2.15. The Balaban J connectivity index is 2.47. The van der Waals surface area contributed by atoms with Crippen molar-refractivity contribution in [1.82, 2.24) is 0 Å². The Morgan fingerprint density at radius 3 is 2.27 bits per heavy atom. The number of halogens is 1. The second kappa shape index (κ2) is 4.36. The Hall–Kier alpha value is -0.820. The molecule has 0 aliphatic rings. The van der Waals surface area contributed by atoms with Crippen molar-refractivity contribution in [3.05, 3.63) is 48.0 Å². The van der Waals surface area contributed by atoms with E-state index in [4.69, 9.17) is 0 Å². The third kappa shape index (κ3) is 2.23. The molecule has 0 fully saturated rings. The van der Waals surface area contributed by atoms with Gasteiger partial charge in [-0.05, 0) is 22.3 Å². The van der Waals surface area contributed by atoms with E-state index in [2.05, 4.69) is 72.2 Å². The fourth-order valence-electron chi connectivity index (χ4n) is 1.76. The van der Waals surface area contributed by atoms with Gasteiger partial charge in [0.2, 0.25) is 0 Å². The van der Waals surface area contributed by atoms with Crippen molar-refractivity contribution >= 4 is 26.7 Å². The first-order valence-corrected chi connectivity index (χ1v) is 6.23. The standard InChI is InChI=1S/C14H15Br/c1-10(11(2)15)13-8-7-12-5-3-4-6-14(12)9-13/h3-11H,1-2H3. The van der Waals surface area contributed by atoms with E-state index in [0.29, 0.717) is 10.7 Å². The van der Waals surface area contributed by atoms with Gasteiger partial charge in [0.25, 0.3) is 0 Å². The van der Waals surface area contributed by atoms with Crippen LogP contribution in [0.3, 0.4) is 0 Å². The Morgan fingerprint density at radius 2 is 1.60 bits per heavy atom. The van der Waals surface area contributed by atoms with E-state index in [1.165, 1.54) is 16.3 Å². The molecule has 0 saturated heterocycles. The van der Waals surface area contributed by atoms with Crippen LogP contribution in [0.4, 0.5) is 0 Å². The van der Waals surface area contributed by atoms with Gasteiger partial charge in [0.15, 0.2) is 0 Å². The first-order valence-electron chi connectivity index (χ1n) is 5.31. The van der Waals surface area contributed by atoms with Crippen LogP contribution in [0.5, 0.6) is 0 Å². The van der Waals surface area contributed by atoms with Gasteiger partial charge in [0.05, 0.1) is 0 Å². The Labute approximate surface area is 99.4 Å². The summed E-state index contributed by atoms with van der Waals surface area (Å²) in [6.45, 7) is 4.45. The molecule has 0 nitrogen and oxygen atoms in total. The molecule has 0 spiro atoms. The van der Waals surface area contributed by atoms with Gasteiger partial charge in [-0.25, -0.2) is 0 Å². The molecule has 2 aromatic rings. The van der Waals surface area contributed by atoms with Crippen LogP contribution >= 0.6 is 15.9 Å². The van der Waals surface area contributed by atoms with Crippen molar-refractivity contribution in [2.45, 2.75) is 24.6 Å². The lowest BCUT2D eigenvalue weighted by molar-refractivity contribution is 0.763. The average Bonchev–Trinajstić information content (AvgIpc) is 2.27. The van der Waals surface area contributed by atoms with Gasteiger partial charge >= 0.3 is 0 Å². The molecule has 2 rings (SSSR count). The highest BCUT2D eigenvalue weighted by atomic mass is 79.9. The van der Waals surface area contributed by atoms with Crippen LogP contribution in [-0.2, 0) is 0 Å². The van der Waals surface area contributed by atoms with Crippen molar-refractivity contribution in [1.29, 1.82) is 0 Å². The number of alkyl halides is 1. The first-order chi connectivity index (χ1) is 7.18. The SMILES string of the molecule is CC(Br)C(C)c1ccc2ccccc2c1. The molecular weight excluding hydrogens is 248 g/mol. The van der Waals surface area contributed by atoms with Gasteiger partial charge in [-0.1, -0.05) is 72.2 Å². The molecule has 0 aliphatic heterocycles. The van der Waals surface area contributed by atoms with Gasteiger partial charge in [-0.2, -0.15) is 0 Å². The van der Waals surface area contributed by atoms with Crippen LogP contribution < -0.4 is 0 Å². The summed E-state index contributed by atoms with van der Waals surface area (Å²) in [5, 5.41) is 2.64. The molecule has 0 aliphatic carbocycles. The Kier molecular flexibility index (Phi) is 3.11. The highest BCUT2D eigenvalue weighted by Crippen LogP contribution is 2.26. The molecule has 1 heteroatoms. The number of rotatable bonds is 2. The molecule has 2 atom stereocenters. The van der Waals surface area contributed by atoms with E-state index in [9.17, 15) is 0 Å². The summed E-state index contributed by atoms with van der Waals surface area (Å²) in [7, 11) is 0. The largest absolute Gasteiger partial charge is 0.0887 e. The minimum absolute atomic E-state index is 0.513. The van der Waals surface area contributed by atoms with Gasteiger partial charge in [0.1, 0.15) is 0 Å². The van der Waals surface area contributed by atoms with E-state index in [1.54, 1.807) is 0 Å². The van der Waals surface area contributed by atoms with Crippen LogP contribution in [0.15, 0.2) is 42.5 Å². The minimum atomic E-state index is 0.513. The van der Waals surface area contributed by atoms with E-state index < -0.39 is 0 Å². The third-order valence-corrected chi connectivity index (χ3v) is 3.78. The fraction of sp³-hybridized carbons (Fsp3) is 0.286. The van der Waals surface area contributed by atoms with E-state index >= 15 is 0 Å². The quantitative estimate of drug-likeness (QED) is 0.687. The zero-order valence-corrected chi connectivity index (χ0v) is 10.7. The molecule has 0 radical (unpaired) electrons. The van der Waals surface area contributed by atoms with E-state index in [0.717, 1.165) is 0 Å². The summed E-state index contributed by atoms with van der Waals surface area (Å²) in [5.41, 5.74) is 1.40. The van der Waals surface area contributed by atoms with Crippen molar-refractivity contribution in [3.63, 3.8) is 0 Å². The summed E-state index contributed by atoms with van der Waals surface area (Å²) in [6.07, 6.45) is 0. The minimum Gasteiger partial charge on any atom is -0.0887 e. The highest BCUT2D eigenvalue weighted by molar-refractivity contribution is 9.09. The van der Waals surface area contributed by atoms with Crippen molar-refractivity contribution < 1.29 is 0 Å². The molecule has 0 aromatic heterocycles. The zero-order chi connectivity index (χ0) is 10.8. The predicted octanol–water partition coefficient (Wildman–Crippen LogP) is 4.73. The molecule has 78 valence electrons. The monoisotopic (exact) mass is 262 g/mol. The lowest BCUT2D eigenvalue weighted by Crippen LogP contribution is -2.03. The lowest BCUT2D eigenvalue weighted by atomic mass is 9.96. The molecule has 0 amide bonds. The number of hydrogen-bond acceptors (Lipinski definition) is 0. The summed E-state index contributed by atoms with van der Waals surface area (Å²) in [6, 6.07) is 15.2. The van der Waals surface area contributed by atoms with Crippen molar-refractivity contribution in [3.8, 4) is 0 Å². The zero-order valence-electron chi connectivity index (χ0n) is 9.07. The molecule has 0 N–H and O–H groups in total. The first kappa shape index (κ1) is 10.7. The van der Waals surface area contributed by atoms with E-state index in [-0.39, 0.29) is 0 Å². The molecule has 0 heterocycles. The Bertz CT molecular complexity index is 460. The van der Waals surface area contributed by atoms with Crippen LogP contribution in [0.2, 0.25) is 0 Å². The molecule has 0 saturated carbocycles. The molecule has 2 aromatic carbocycles. The van der Waals surface area contributed by atoms with Crippen LogP contribution in [0, 0.1) is 0 Å². The Morgan fingerprint density at radius 1 is 0.933 bits per heavy atom. The van der Waals surface area contributed by atoms with Gasteiger partial charge in [-0.3, -0.25) is 0 Å². The molecule has 0 bridgehead atoms. The summed E-state index contributed by atoms with van der Waals surface area (Å²) < 4.78 is 0. The van der Waals surface area contributed by atoms with E-state index in [1.807, 2.05) is 0 Å². The number of hydrogen-bond donors (Lipinski definition) is 0.